The van der Waals surface area contributed by atoms with Crippen LogP contribution in [-0.4, -0.2) is 23.9 Å². The SMILES string of the molecule is CC(C)CC(N)C(CO)OCc1ccccc1. The molecule has 3 heteroatoms. The number of rotatable bonds is 7. The van der Waals surface area contributed by atoms with Gasteiger partial charge in [0.2, 0.25) is 0 Å². The molecule has 1 aromatic carbocycles. The van der Waals surface area contributed by atoms with Crippen LogP contribution in [0.4, 0.5) is 0 Å². The molecule has 1 rings (SSSR count). The summed E-state index contributed by atoms with van der Waals surface area (Å²) in [6, 6.07) is 9.81. The zero-order chi connectivity index (χ0) is 12.7. The van der Waals surface area contributed by atoms with Gasteiger partial charge in [-0.2, -0.15) is 0 Å². The molecular formula is C14H23NO2. The van der Waals surface area contributed by atoms with Crippen molar-refractivity contribution in [3.05, 3.63) is 35.9 Å². The van der Waals surface area contributed by atoms with Crippen LogP contribution in [-0.2, 0) is 11.3 Å². The van der Waals surface area contributed by atoms with Gasteiger partial charge in [0, 0.05) is 6.04 Å². The van der Waals surface area contributed by atoms with Crippen molar-refractivity contribution in [2.24, 2.45) is 11.7 Å². The summed E-state index contributed by atoms with van der Waals surface area (Å²) >= 11 is 0. The summed E-state index contributed by atoms with van der Waals surface area (Å²) in [4.78, 5) is 0. The molecule has 0 saturated heterocycles. The molecule has 0 fully saturated rings. The molecule has 0 aliphatic heterocycles. The van der Waals surface area contributed by atoms with Crippen LogP contribution in [0.25, 0.3) is 0 Å². The van der Waals surface area contributed by atoms with Gasteiger partial charge in [-0.05, 0) is 17.9 Å². The lowest BCUT2D eigenvalue weighted by atomic mass is 10.0. The Morgan fingerprint density at radius 3 is 2.41 bits per heavy atom. The predicted molar refractivity (Wildman–Crippen MR) is 69.5 cm³/mol. The maximum Gasteiger partial charge on any atom is 0.0960 e. The second-order valence-corrected chi connectivity index (χ2v) is 4.81. The zero-order valence-corrected chi connectivity index (χ0v) is 10.7. The third-order valence-electron chi connectivity index (χ3n) is 2.71. The highest BCUT2D eigenvalue weighted by atomic mass is 16.5. The van der Waals surface area contributed by atoms with Crippen molar-refractivity contribution < 1.29 is 9.84 Å². The van der Waals surface area contributed by atoms with Crippen LogP contribution in [0.15, 0.2) is 30.3 Å². The topological polar surface area (TPSA) is 55.5 Å². The first-order chi connectivity index (χ1) is 8.13. The fourth-order valence-corrected chi connectivity index (χ4v) is 1.79. The molecule has 0 radical (unpaired) electrons. The number of hydrogen-bond donors (Lipinski definition) is 2. The molecular weight excluding hydrogens is 214 g/mol. The highest BCUT2D eigenvalue weighted by Gasteiger charge is 2.18. The van der Waals surface area contributed by atoms with Gasteiger partial charge in [-0.15, -0.1) is 0 Å². The molecule has 0 aliphatic carbocycles. The van der Waals surface area contributed by atoms with Crippen LogP contribution in [0.1, 0.15) is 25.8 Å². The molecule has 1 aromatic rings. The lowest BCUT2D eigenvalue weighted by Crippen LogP contribution is -2.40. The molecule has 0 aliphatic rings. The summed E-state index contributed by atoms with van der Waals surface area (Å²) in [5.74, 6) is 0.513. The van der Waals surface area contributed by atoms with Gasteiger partial charge >= 0.3 is 0 Å². The Hall–Kier alpha value is -0.900. The summed E-state index contributed by atoms with van der Waals surface area (Å²) < 4.78 is 5.66. The van der Waals surface area contributed by atoms with E-state index in [4.69, 9.17) is 10.5 Å². The van der Waals surface area contributed by atoms with Gasteiger partial charge in [0.1, 0.15) is 0 Å². The first-order valence-electron chi connectivity index (χ1n) is 6.15. The second kappa shape index (κ2) is 7.43. The van der Waals surface area contributed by atoms with E-state index in [9.17, 15) is 5.11 Å². The maximum atomic E-state index is 9.28. The van der Waals surface area contributed by atoms with Crippen molar-refractivity contribution in [1.29, 1.82) is 0 Å². The highest BCUT2D eigenvalue weighted by Crippen LogP contribution is 2.11. The van der Waals surface area contributed by atoms with Crippen molar-refractivity contribution in [3.63, 3.8) is 0 Å². The zero-order valence-electron chi connectivity index (χ0n) is 10.7. The van der Waals surface area contributed by atoms with E-state index in [1.807, 2.05) is 30.3 Å². The van der Waals surface area contributed by atoms with E-state index in [1.165, 1.54) is 0 Å². The van der Waals surface area contributed by atoms with E-state index in [2.05, 4.69) is 13.8 Å². The summed E-state index contributed by atoms with van der Waals surface area (Å²) in [5.41, 5.74) is 7.11. The monoisotopic (exact) mass is 237 g/mol. The Labute approximate surface area is 104 Å². The molecule has 0 heterocycles. The molecule has 0 aromatic heterocycles. The predicted octanol–water partition coefficient (Wildman–Crippen LogP) is 1.94. The first-order valence-corrected chi connectivity index (χ1v) is 6.15. The third kappa shape index (κ3) is 5.31. The molecule has 2 unspecified atom stereocenters. The average Bonchev–Trinajstić information content (AvgIpc) is 2.30. The van der Waals surface area contributed by atoms with Crippen molar-refractivity contribution in [3.8, 4) is 0 Å². The average molecular weight is 237 g/mol. The van der Waals surface area contributed by atoms with Crippen LogP contribution in [0.5, 0.6) is 0 Å². The van der Waals surface area contributed by atoms with E-state index in [0.717, 1.165) is 12.0 Å². The van der Waals surface area contributed by atoms with Crippen LogP contribution in [0, 0.1) is 5.92 Å². The number of hydrogen-bond acceptors (Lipinski definition) is 3. The van der Waals surface area contributed by atoms with Gasteiger partial charge in [0.15, 0.2) is 0 Å². The van der Waals surface area contributed by atoms with E-state index in [0.29, 0.717) is 12.5 Å². The fourth-order valence-electron chi connectivity index (χ4n) is 1.79. The van der Waals surface area contributed by atoms with Gasteiger partial charge in [0.05, 0.1) is 19.3 Å². The number of ether oxygens (including phenoxy) is 1. The second-order valence-electron chi connectivity index (χ2n) is 4.81. The van der Waals surface area contributed by atoms with Crippen molar-refractivity contribution in [2.45, 2.75) is 39.0 Å². The number of nitrogens with two attached hydrogens (primary N) is 1. The molecule has 0 bridgehead atoms. The Balaban J connectivity index is 2.42. The van der Waals surface area contributed by atoms with Crippen LogP contribution in [0.2, 0.25) is 0 Å². The van der Waals surface area contributed by atoms with Gasteiger partial charge in [-0.25, -0.2) is 0 Å². The highest BCUT2D eigenvalue weighted by molar-refractivity contribution is 5.13. The van der Waals surface area contributed by atoms with E-state index < -0.39 is 0 Å². The summed E-state index contributed by atoms with van der Waals surface area (Å²) in [6.45, 7) is 4.70. The van der Waals surface area contributed by atoms with Gasteiger partial charge < -0.3 is 15.6 Å². The third-order valence-corrected chi connectivity index (χ3v) is 2.71. The van der Waals surface area contributed by atoms with Crippen molar-refractivity contribution in [2.75, 3.05) is 6.61 Å². The van der Waals surface area contributed by atoms with Gasteiger partial charge in [-0.3, -0.25) is 0 Å². The lowest BCUT2D eigenvalue weighted by Gasteiger charge is -2.23. The van der Waals surface area contributed by atoms with Crippen LogP contribution in [0.3, 0.4) is 0 Å². The van der Waals surface area contributed by atoms with E-state index in [-0.39, 0.29) is 18.8 Å². The Bertz CT molecular complexity index is 300. The molecule has 0 saturated carbocycles. The molecule has 3 nitrogen and oxygen atoms in total. The van der Waals surface area contributed by atoms with Crippen molar-refractivity contribution >= 4 is 0 Å². The standard InChI is InChI=1S/C14H23NO2/c1-11(2)8-13(15)14(9-16)17-10-12-6-4-3-5-7-12/h3-7,11,13-14,16H,8-10,15H2,1-2H3. The molecule has 17 heavy (non-hydrogen) atoms. The van der Waals surface area contributed by atoms with Crippen molar-refractivity contribution in [1.82, 2.24) is 0 Å². The Morgan fingerprint density at radius 1 is 1.24 bits per heavy atom. The minimum absolute atomic E-state index is 0.0271. The van der Waals surface area contributed by atoms with Crippen LogP contribution >= 0.6 is 0 Å². The quantitative estimate of drug-likeness (QED) is 0.762. The fraction of sp³-hybridized carbons (Fsp3) is 0.571. The molecule has 2 atom stereocenters. The van der Waals surface area contributed by atoms with Crippen LogP contribution < -0.4 is 5.73 Å². The van der Waals surface area contributed by atoms with Gasteiger partial charge in [0.25, 0.3) is 0 Å². The lowest BCUT2D eigenvalue weighted by molar-refractivity contribution is -0.0157. The largest absolute Gasteiger partial charge is 0.394 e. The Morgan fingerprint density at radius 2 is 1.88 bits per heavy atom. The van der Waals surface area contributed by atoms with E-state index >= 15 is 0 Å². The smallest absolute Gasteiger partial charge is 0.0960 e. The number of benzene rings is 1. The van der Waals surface area contributed by atoms with E-state index in [1.54, 1.807) is 0 Å². The molecule has 96 valence electrons. The minimum Gasteiger partial charge on any atom is -0.394 e. The summed E-state index contributed by atoms with van der Waals surface area (Å²) in [5, 5.41) is 9.28. The number of aliphatic hydroxyl groups is 1. The summed E-state index contributed by atoms with van der Waals surface area (Å²) in [7, 11) is 0. The molecule has 0 amide bonds. The first kappa shape index (κ1) is 14.2. The minimum atomic E-state index is -0.280. The molecule has 3 N–H and O–H groups in total. The number of aliphatic hydroxyl groups excluding tert-OH is 1. The Kier molecular flexibility index (Phi) is 6.19. The van der Waals surface area contributed by atoms with Gasteiger partial charge in [-0.1, -0.05) is 44.2 Å². The molecule has 0 spiro atoms. The summed E-state index contributed by atoms with van der Waals surface area (Å²) in [6.07, 6.45) is 0.581. The normalized spacial score (nSPS) is 14.9. The maximum absolute atomic E-state index is 9.28.